The molecule has 2 amide bonds. The van der Waals surface area contributed by atoms with Crippen molar-refractivity contribution in [2.75, 3.05) is 12.4 Å². The van der Waals surface area contributed by atoms with E-state index in [1.165, 1.54) is 11.0 Å². The van der Waals surface area contributed by atoms with Crippen LogP contribution in [0.5, 0.6) is 5.75 Å². The lowest BCUT2D eigenvalue weighted by molar-refractivity contribution is -0.122. The summed E-state index contributed by atoms with van der Waals surface area (Å²) in [4.78, 5) is 29.7. The number of ether oxygens (including phenoxy) is 1. The van der Waals surface area contributed by atoms with Gasteiger partial charge in [-0.3, -0.25) is 14.9 Å². The summed E-state index contributed by atoms with van der Waals surface area (Å²) in [5.41, 5.74) is 1.32. The SMILES string of the molecule is COc1cccc(C2(C(=O)Nc3ncn(CC(=O)NCc4ccccc4)n3)CCCC2)c1. The van der Waals surface area contributed by atoms with Crippen molar-refractivity contribution < 1.29 is 14.3 Å². The summed E-state index contributed by atoms with van der Waals surface area (Å²) in [6.45, 7) is 0.470. The molecule has 4 rings (SSSR count). The van der Waals surface area contributed by atoms with Gasteiger partial charge in [0.2, 0.25) is 17.8 Å². The monoisotopic (exact) mass is 433 g/mol. The predicted octanol–water partition coefficient (Wildman–Crippen LogP) is 3.05. The second kappa shape index (κ2) is 9.64. The van der Waals surface area contributed by atoms with Gasteiger partial charge in [0, 0.05) is 6.54 Å². The molecule has 0 unspecified atom stereocenters. The van der Waals surface area contributed by atoms with Gasteiger partial charge >= 0.3 is 0 Å². The molecule has 1 aliphatic carbocycles. The zero-order valence-electron chi connectivity index (χ0n) is 18.1. The molecule has 166 valence electrons. The first-order chi connectivity index (χ1) is 15.6. The van der Waals surface area contributed by atoms with Crippen molar-refractivity contribution in [2.45, 2.75) is 44.2 Å². The highest BCUT2D eigenvalue weighted by molar-refractivity contribution is 5.98. The van der Waals surface area contributed by atoms with E-state index < -0.39 is 5.41 Å². The van der Waals surface area contributed by atoms with Crippen LogP contribution in [0.4, 0.5) is 5.95 Å². The molecular weight excluding hydrogens is 406 g/mol. The van der Waals surface area contributed by atoms with E-state index in [4.69, 9.17) is 4.74 Å². The largest absolute Gasteiger partial charge is 0.497 e. The molecule has 0 bridgehead atoms. The molecule has 8 heteroatoms. The minimum Gasteiger partial charge on any atom is -0.497 e. The van der Waals surface area contributed by atoms with Gasteiger partial charge in [-0.05, 0) is 36.1 Å². The maximum atomic E-state index is 13.3. The molecule has 1 aliphatic rings. The van der Waals surface area contributed by atoms with E-state index in [0.717, 1.165) is 42.6 Å². The van der Waals surface area contributed by atoms with Gasteiger partial charge in [-0.25, -0.2) is 9.67 Å². The zero-order chi connectivity index (χ0) is 22.4. The van der Waals surface area contributed by atoms with E-state index in [0.29, 0.717) is 6.54 Å². The van der Waals surface area contributed by atoms with Crippen LogP contribution in [0.1, 0.15) is 36.8 Å². The minimum absolute atomic E-state index is 0.0245. The molecule has 2 aromatic carbocycles. The molecule has 0 atom stereocenters. The number of nitrogens with one attached hydrogen (secondary N) is 2. The molecule has 0 radical (unpaired) electrons. The van der Waals surface area contributed by atoms with Gasteiger partial charge in [-0.15, -0.1) is 5.10 Å². The van der Waals surface area contributed by atoms with Gasteiger partial charge in [0.15, 0.2) is 0 Å². The van der Waals surface area contributed by atoms with Crippen LogP contribution in [0.3, 0.4) is 0 Å². The van der Waals surface area contributed by atoms with Crippen LogP contribution in [-0.2, 0) is 28.1 Å². The van der Waals surface area contributed by atoms with Gasteiger partial charge in [-0.2, -0.15) is 0 Å². The number of aromatic nitrogens is 3. The lowest BCUT2D eigenvalue weighted by Gasteiger charge is -2.28. The molecule has 1 heterocycles. The predicted molar refractivity (Wildman–Crippen MR) is 120 cm³/mol. The van der Waals surface area contributed by atoms with Crippen LogP contribution >= 0.6 is 0 Å². The van der Waals surface area contributed by atoms with Crippen LogP contribution in [0.25, 0.3) is 0 Å². The van der Waals surface area contributed by atoms with E-state index in [1.54, 1.807) is 7.11 Å². The second-order valence-electron chi connectivity index (χ2n) is 8.00. The summed E-state index contributed by atoms with van der Waals surface area (Å²) in [7, 11) is 1.62. The van der Waals surface area contributed by atoms with E-state index in [1.807, 2.05) is 54.6 Å². The lowest BCUT2D eigenvalue weighted by atomic mass is 9.78. The Hall–Kier alpha value is -3.68. The fourth-order valence-corrected chi connectivity index (χ4v) is 4.19. The summed E-state index contributed by atoms with van der Waals surface area (Å²) in [6, 6.07) is 17.4. The number of nitrogens with zero attached hydrogens (tertiary/aromatic N) is 3. The van der Waals surface area contributed by atoms with Crippen molar-refractivity contribution in [3.8, 4) is 5.75 Å². The first kappa shape index (κ1) is 21.5. The Morgan fingerprint density at radius 1 is 1.09 bits per heavy atom. The number of rotatable bonds is 8. The van der Waals surface area contributed by atoms with Gasteiger partial charge in [0.25, 0.3) is 0 Å². The van der Waals surface area contributed by atoms with Crippen molar-refractivity contribution in [1.29, 1.82) is 0 Å². The first-order valence-electron chi connectivity index (χ1n) is 10.8. The van der Waals surface area contributed by atoms with Gasteiger partial charge in [0.05, 0.1) is 12.5 Å². The minimum atomic E-state index is -0.632. The topological polar surface area (TPSA) is 98.1 Å². The Kier molecular flexibility index (Phi) is 6.49. The Balaban J connectivity index is 1.39. The molecule has 0 saturated heterocycles. The number of benzene rings is 2. The average Bonchev–Trinajstić information content (AvgIpc) is 3.49. The summed E-state index contributed by atoms with van der Waals surface area (Å²) >= 11 is 0. The molecule has 1 aromatic heterocycles. The van der Waals surface area contributed by atoms with Crippen LogP contribution in [0.2, 0.25) is 0 Å². The van der Waals surface area contributed by atoms with E-state index in [9.17, 15) is 9.59 Å². The summed E-state index contributed by atoms with van der Waals surface area (Å²) in [5, 5.41) is 9.97. The Morgan fingerprint density at radius 3 is 2.62 bits per heavy atom. The number of hydrogen-bond donors (Lipinski definition) is 2. The normalized spacial score (nSPS) is 14.7. The summed E-state index contributed by atoms with van der Waals surface area (Å²) in [5.74, 6) is 0.611. The highest BCUT2D eigenvalue weighted by atomic mass is 16.5. The van der Waals surface area contributed by atoms with Crippen LogP contribution in [-0.4, -0.2) is 33.7 Å². The van der Waals surface area contributed by atoms with Crippen molar-refractivity contribution in [1.82, 2.24) is 20.1 Å². The third-order valence-corrected chi connectivity index (χ3v) is 5.91. The van der Waals surface area contributed by atoms with Gasteiger partial charge in [-0.1, -0.05) is 55.3 Å². The number of carbonyl (C=O) groups excluding carboxylic acids is 2. The zero-order valence-corrected chi connectivity index (χ0v) is 18.1. The standard InChI is InChI=1S/C24H27N5O3/c1-32-20-11-7-10-19(14-20)24(12-5-6-13-24)22(31)27-23-26-17-29(28-23)16-21(30)25-15-18-8-3-2-4-9-18/h2-4,7-11,14,17H,5-6,12-13,15-16H2,1H3,(H,25,30)(H,27,28,31). The molecular formula is C24H27N5O3. The number of anilines is 1. The third-order valence-electron chi connectivity index (χ3n) is 5.91. The highest BCUT2D eigenvalue weighted by Crippen LogP contribution is 2.42. The summed E-state index contributed by atoms with van der Waals surface area (Å²) in [6.07, 6.45) is 4.93. The number of methoxy groups -OCH3 is 1. The van der Waals surface area contributed by atoms with E-state index in [2.05, 4.69) is 20.7 Å². The molecule has 1 saturated carbocycles. The molecule has 2 N–H and O–H groups in total. The van der Waals surface area contributed by atoms with Crippen LogP contribution < -0.4 is 15.4 Å². The second-order valence-corrected chi connectivity index (χ2v) is 8.00. The number of carbonyl (C=O) groups is 2. The maximum absolute atomic E-state index is 13.3. The smallest absolute Gasteiger partial charge is 0.248 e. The van der Waals surface area contributed by atoms with Crippen molar-refractivity contribution in [3.63, 3.8) is 0 Å². The molecule has 8 nitrogen and oxygen atoms in total. The number of hydrogen-bond acceptors (Lipinski definition) is 5. The molecule has 3 aromatic rings. The van der Waals surface area contributed by atoms with Crippen LogP contribution in [0.15, 0.2) is 60.9 Å². The van der Waals surface area contributed by atoms with Gasteiger partial charge in [0.1, 0.15) is 18.6 Å². The maximum Gasteiger partial charge on any atom is 0.248 e. The Bertz CT molecular complexity index is 1070. The lowest BCUT2D eigenvalue weighted by Crippen LogP contribution is -2.38. The molecule has 0 aliphatic heterocycles. The molecule has 0 spiro atoms. The van der Waals surface area contributed by atoms with Gasteiger partial charge < -0.3 is 10.1 Å². The average molecular weight is 434 g/mol. The van der Waals surface area contributed by atoms with Crippen molar-refractivity contribution >= 4 is 17.8 Å². The van der Waals surface area contributed by atoms with E-state index in [-0.39, 0.29) is 24.3 Å². The fourth-order valence-electron chi connectivity index (χ4n) is 4.19. The Labute approximate surface area is 187 Å². The Morgan fingerprint density at radius 2 is 1.88 bits per heavy atom. The quantitative estimate of drug-likeness (QED) is 0.569. The highest BCUT2D eigenvalue weighted by Gasteiger charge is 2.43. The van der Waals surface area contributed by atoms with E-state index >= 15 is 0 Å². The third kappa shape index (κ3) is 4.80. The van der Waals surface area contributed by atoms with Crippen LogP contribution in [0, 0.1) is 0 Å². The molecule has 32 heavy (non-hydrogen) atoms. The van der Waals surface area contributed by atoms with Crippen molar-refractivity contribution in [3.05, 3.63) is 72.1 Å². The molecule has 1 fully saturated rings. The fraction of sp³-hybridized carbons (Fsp3) is 0.333. The number of amides is 2. The van der Waals surface area contributed by atoms with Crippen molar-refractivity contribution in [2.24, 2.45) is 0 Å². The first-order valence-corrected chi connectivity index (χ1v) is 10.8. The summed E-state index contributed by atoms with van der Waals surface area (Å²) < 4.78 is 6.77.